The Morgan fingerprint density at radius 1 is 1.53 bits per heavy atom. The third-order valence-electron chi connectivity index (χ3n) is 2.51. The fourth-order valence-electron chi connectivity index (χ4n) is 1.58. The van der Waals surface area contributed by atoms with Crippen LogP contribution >= 0.6 is 11.3 Å². The predicted octanol–water partition coefficient (Wildman–Crippen LogP) is 1.94. The van der Waals surface area contributed by atoms with Gasteiger partial charge in [0.05, 0.1) is 0 Å². The van der Waals surface area contributed by atoms with Gasteiger partial charge in [0.15, 0.2) is 0 Å². The Balaban J connectivity index is 1.66. The summed E-state index contributed by atoms with van der Waals surface area (Å²) in [6.45, 7) is 2.68. The Hall–Kier alpha value is -1.95. The number of hydrogen-bond acceptors (Lipinski definition) is 4. The first-order chi connectivity index (χ1) is 9.24. The number of thiophene rings is 1. The highest BCUT2D eigenvalue weighted by atomic mass is 32.1. The molecule has 0 fully saturated rings. The lowest BCUT2D eigenvalue weighted by Crippen LogP contribution is -2.22. The zero-order valence-corrected chi connectivity index (χ0v) is 11.5. The van der Waals surface area contributed by atoms with Gasteiger partial charge in [0.2, 0.25) is 5.91 Å². The monoisotopic (exact) mass is 276 g/mol. The smallest absolute Gasteiger partial charge is 0.244 e. The van der Waals surface area contributed by atoms with Gasteiger partial charge < -0.3 is 5.32 Å². The molecule has 0 saturated carbocycles. The average Bonchev–Trinajstić information content (AvgIpc) is 3.03. The molecule has 0 aromatic carbocycles. The Bertz CT molecular complexity index is 545. The van der Waals surface area contributed by atoms with Crippen LogP contribution in [0.4, 0.5) is 0 Å². The zero-order chi connectivity index (χ0) is 13.5. The highest BCUT2D eigenvalue weighted by Gasteiger charge is 1.98. The Morgan fingerprint density at radius 2 is 2.42 bits per heavy atom. The highest BCUT2D eigenvalue weighted by molar-refractivity contribution is 7.12. The van der Waals surface area contributed by atoms with Crippen LogP contribution in [0, 0.1) is 6.92 Å². The van der Waals surface area contributed by atoms with E-state index >= 15 is 0 Å². The second-order valence-electron chi connectivity index (χ2n) is 4.11. The van der Waals surface area contributed by atoms with E-state index in [4.69, 9.17) is 0 Å². The number of rotatable bonds is 6. The van der Waals surface area contributed by atoms with Crippen LogP contribution in [-0.2, 0) is 11.2 Å². The summed E-state index contributed by atoms with van der Waals surface area (Å²) in [4.78, 5) is 17.9. The van der Waals surface area contributed by atoms with Crippen molar-refractivity contribution in [3.05, 3.63) is 40.1 Å². The second kappa shape index (κ2) is 6.84. The summed E-state index contributed by atoms with van der Waals surface area (Å²) in [5.41, 5.74) is 0. The molecule has 0 spiro atoms. The molecule has 0 unspecified atom stereocenters. The van der Waals surface area contributed by atoms with Gasteiger partial charge in [0.25, 0.3) is 0 Å². The first kappa shape index (κ1) is 13.5. The fraction of sp³-hybridized carbons (Fsp3) is 0.308. The van der Waals surface area contributed by atoms with Crippen LogP contribution < -0.4 is 5.32 Å². The SMILES string of the molecule is Cc1ccc(C=CC(=O)NCCCc2ncn[nH]2)s1. The first-order valence-electron chi connectivity index (χ1n) is 6.10. The molecule has 0 saturated heterocycles. The number of aromatic nitrogens is 3. The van der Waals surface area contributed by atoms with E-state index in [0.29, 0.717) is 6.54 Å². The first-order valence-corrected chi connectivity index (χ1v) is 6.92. The maximum atomic E-state index is 11.6. The summed E-state index contributed by atoms with van der Waals surface area (Å²) in [6.07, 6.45) is 6.52. The van der Waals surface area contributed by atoms with Crippen LogP contribution in [0.15, 0.2) is 24.5 Å². The third-order valence-corrected chi connectivity index (χ3v) is 3.48. The van der Waals surface area contributed by atoms with Crippen molar-refractivity contribution < 1.29 is 4.79 Å². The molecule has 0 radical (unpaired) electrons. The van der Waals surface area contributed by atoms with Crippen molar-refractivity contribution in [1.82, 2.24) is 20.5 Å². The van der Waals surface area contributed by atoms with Crippen LogP contribution in [0.2, 0.25) is 0 Å². The van der Waals surface area contributed by atoms with Gasteiger partial charge in [-0.1, -0.05) is 0 Å². The second-order valence-corrected chi connectivity index (χ2v) is 5.43. The number of nitrogens with zero attached hydrogens (tertiary/aromatic N) is 2. The minimum Gasteiger partial charge on any atom is -0.353 e. The summed E-state index contributed by atoms with van der Waals surface area (Å²) < 4.78 is 0. The number of nitrogens with one attached hydrogen (secondary N) is 2. The Labute approximate surface area is 115 Å². The third kappa shape index (κ3) is 4.67. The van der Waals surface area contributed by atoms with E-state index in [-0.39, 0.29) is 5.91 Å². The van der Waals surface area contributed by atoms with Gasteiger partial charge in [0, 0.05) is 28.8 Å². The lowest BCUT2D eigenvalue weighted by Gasteiger charge is -2.00. The largest absolute Gasteiger partial charge is 0.353 e. The number of carbonyl (C=O) groups is 1. The maximum Gasteiger partial charge on any atom is 0.244 e. The molecule has 100 valence electrons. The standard InChI is InChI=1S/C13H16N4OS/c1-10-4-5-11(19-10)6-7-13(18)14-8-2-3-12-15-9-16-17-12/h4-7,9H,2-3,8H2,1H3,(H,14,18)(H,15,16,17). The minimum atomic E-state index is -0.0661. The van der Waals surface area contributed by atoms with Crippen molar-refractivity contribution in [3.8, 4) is 0 Å². The van der Waals surface area contributed by atoms with Crippen LogP contribution in [0.5, 0.6) is 0 Å². The molecular weight excluding hydrogens is 260 g/mol. The van der Waals surface area contributed by atoms with E-state index in [9.17, 15) is 4.79 Å². The number of amides is 1. The summed E-state index contributed by atoms with van der Waals surface area (Å²) in [6, 6.07) is 4.05. The van der Waals surface area contributed by atoms with E-state index in [1.54, 1.807) is 17.4 Å². The molecule has 6 heteroatoms. The number of aromatic amines is 1. The van der Waals surface area contributed by atoms with E-state index in [2.05, 4.69) is 20.5 Å². The molecule has 19 heavy (non-hydrogen) atoms. The molecule has 0 bridgehead atoms. The topological polar surface area (TPSA) is 70.7 Å². The quantitative estimate of drug-likeness (QED) is 0.625. The summed E-state index contributed by atoms with van der Waals surface area (Å²) >= 11 is 1.67. The molecule has 0 aliphatic carbocycles. The molecule has 5 nitrogen and oxygen atoms in total. The lowest BCUT2D eigenvalue weighted by atomic mass is 10.3. The molecule has 2 heterocycles. The number of aryl methyl sites for hydroxylation is 2. The zero-order valence-electron chi connectivity index (χ0n) is 10.7. The molecule has 0 aliphatic rings. The predicted molar refractivity (Wildman–Crippen MR) is 75.8 cm³/mol. The van der Waals surface area contributed by atoms with Crippen molar-refractivity contribution in [2.75, 3.05) is 6.54 Å². The highest BCUT2D eigenvalue weighted by Crippen LogP contribution is 2.16. The minimum absolute atomic E-state index is 0.0661. The van der Waals surface area contributed by atoms with Gasteiger partial charge in [0.1, 0.15) is 12.2 Å². The van der Waals surface area contributed by atoms with Crippen LogP contribution in [0.1, 0.15) is 22.0 Å². The summed E-state index contributed by atoms with van der Waals surface area (Å²) in [7, 11) is 0. The molecule has 2 aromatic heterocycles. The summed E-state index contributed by atoms with van der Waals surface area (Å²) in [5.74, 6) is 0.780. The maximum absolute atomic E-state index is 11.6. The number of H-pyrrole nitrogens is 1. The molecular formula is C13H16N4OS. The fourth-order valence-corrected chi connectivity index (χ4v) is 2.36. The van der Waals surface area contributed by atoms with Crippen LogP contribution in [0.3, 0.4) is 0 Å². The van der Waals surface area contributed by atoms with Gasteiger partial charge in [-0.25, -0.2) is 4.98 Å². The average molecular weight is 276 g/mol. The van der Waals surface area contributed by atoms with E-state index < -0.39 is 0 Å². The van der Waals surface area contributed by atoms with Gasteiger partial charge in [-0.3, -0.25) is 9.89 Å². The molecule has 0 atom stereocenters. The van der Waals surface area contributed by atoms with Crippen molar-refractivity contribution in [3.63, 3.8) is 0 Å². The van der Waals surface area contributed by atoms with E-state index in [1.807, 2.05) is 25.1 Å². The van der Waals surface area contributed by atoms with E-state index in [0.717, 1.165) is 23.5 Å². The van der Waals surface area contributed by atoms with Gasteiger partial charge in [-0.15, -0.1) is 11.3 Å². The van der Waals surface area contributed by atoms with Crippen molar-refractivity contribution in [2.45, 2.75) is 19.8 Å². The number of hydrogen-bond donors (Lipinski definition) is 2. The van der Waals surface area contributed by atoms with Crippen molar-refractivity contribution in [1.29, 1.82) is 0 Å². The number of carbonyl (C=O) groups excluding carboxylic acids is 1. The van der Waals surface area contributed by atoms with Gasteiger partial charge in [-0.2, -0.15) is 5.10 Å². The van der Waals surface area contributed by atoms with Crippen LogP contribution in [0.25, 0.3) is 6.08 Å². The van der Waals surface area contributed by atoms with Gasteiger partial charge >= 0.3 is 0 Å². The van der Waals surface area contributed by atoms with Gasteiger partial charge in [-0.05, 0) is 31.6 Å². The van der Waals surface area contributed by atoms with Crippen molar-refractivity contribution in [2.24, 2.45) is 0 Å². The van der Waals surface area contributed by atoms with E-state index in [1.165, 1.54) is 11.2 Å². The van der Waals surface area contributed by atoms with Crippen molar-refractivity contribution >= 4 is 23.3 Å². The summed E-state index contributed by atoms with van der Waals surface area (Å²) in [5, 5.41) is 9.39. The Morgan fingerprint density at radius 3 is 3.11 bits per heavy atom. The normalized spacial score (nSPS) is 11.0. The molecule has 0 aliphatic heterocycles. The van der Waals surface area contributed by atoms with Crippen LogP contribution in [-0.4, -0.2) is 27.6 Å². The molecule has 2 rings (SSSR count). The lowest BCUT2D eigenvalue weighted by molar-refractivity contribution is -0.116. The molecule has 2 N–H and O–H groups in total. The molecule has 2 aromatic rings. The molecule has 1 amide bonds. The Kier molecular flexibility index (Phi) is 4.85.